The highest BCUT2D eigenvalue weighted by Crippen LogP contribution is 2.22. The number of carbonyl (C=O) groups is 1. The number of hydrogen-bond donors (Lipinski definition) is 1. The van der Waals surface area contributed by atoms with Crippen molar-refractivity contribution < 1.29 is 4.79 Å². The first-order valence-corrected chi connectivity index (χ1v) is 6.57. The fourth-order valence-corrected chi connectivity index (χ4v) is 2.40. The molecule has 1 saturated heterocycles. The van der Waals surface area contributed by atoms with Crippen LogP contribution in [0.4, 0.5) is 0 Å². The van der Waals surface area contributed by atoms with Gasteiger partial charge in [0.15, 0.2) is 0 Å². The second-order valence-corrected chi connectivity index (χ2v) is 5.30. The van der Waals surface area contributed by atoms with Gasteiger partial charge in [0.2, 0.25) is 5.91 Å². The molecule has 1 N–H and O–H groups in total. The molecule has 0 aliphatic carbocycles. The highest BCUT2D eigenvalue weighted by molar-refractivity contribution is 5.85. The SMILES string of the molecule is CC(C)CC(=O)N1CCNCC1c1nccn1C.Cl. The predicted octanol–water partition coefficient (Wildman–Crippen LogP) is 1.36. The molecule has 1 atom stereocenters. The van der Waals surface area contributed by atoms with Crippen molar-refractivity contribution in [2.75, 3.05) is 19.6 Å². The molecule has 1 unspecified atom stereocenters. The summed E-state index contributed by atoms with van der Waals surface area (Å²) >= 11 is 0. The lowest BCUT2D eigenvalue weighted by atomic mass is 10.1. The molecule has 108 valence electrons. The number of rotatable bonds is 3. The first-order chi connectivity index (χ1) is 8.59. The molecule has 6 heteroatoms. The highest BCUT2D eigenvalue weighted by atomic mass is 35.5. The van der Waals surface area contributed by atoms with Gasteiger partial charge in [-0.05, 0) is 5.92 Å². The molecular formula is C13H23ClN4O. The average molecular weight is 287 g/mol. The van der Waals surface area contributed by atoms with Crippen molar-refractivity contribution in [1.82, 2.24) is 19.8 Å². The van der Waals surface area contributed by atoms with Crippen molar-refractivity contribution in [3.05, 3.63) is 18.2 Å². The molecule has 1 amide bonds. The predicted molar refractivity (Wildman–Crippen MR) is 77.2 cm³/mol. The van der Waals surface area contributed by atoms with Crippen LogP contribution in [0.15, 0.2) is 12.4 Å². The van der Waals surface area contributed by atoms with Gasteiger partial charge >= 0.3 is 0 Å². The Morgan fingerprint density at radius 3 is 2.89 bits per heavy atom. The maximum absolute atomic E-state index is 12.3. The van der Waals surface area contributed by atoms with Crippen molar-refractivity contribution in [2.45, 2.75) is 26.3 Å². The minimum Gasteiger partial charge on any atom is -0.336 e. The van der Waals surface area contributed by atoms with Crippen LogP contribution in [-0.2, 0) is 11.8 Å². The molecule has 1 aromatic heterocycles. The number of imidazole rings is 1. The minimum absolute atomic E-state index is 0. The minimum atomic E-state index is 0. The summed E-state index contributed by atoms with van der Waals surface area (Å²) < 4.78 is 1.99. The molecular weight excluding hydrogens is 264 g/mol. The molecule has 1 aromatic rings. The van der Waals surface area contributed by atoms with Crippen molar-refractivity contribution in [2.24, 2.45) is 13.0 Å². The van der Waals surface area contributed by atoms with E-state index in [0.29, 0.717) is 12.3 Å². The number of nitrogens with zero attached hydrogens (tertiary/aromatic N) is 3. The van der Waals surface area contributed by atoms with Crippen LogP contribution in [0.1, 0.15) is 32.1 Å². The Bertz CT molecular complexity index is 419. The summed E-state index contributed by atoms with van der Waals surface area (Å²) in [5.41, 5.74) is 0. The van der Waals surface area contributed by atoms with E-state index in [4.69, 9.17) is 0 Å². The molecule has 0 spiro atoms. The fraction of sp³-hybridized carbons (Fsp3) is 0.692. The first kappa shape index (κ1) is 16.0. The van der Waals surface area contributed by atoms with E-state index < -0.39 is 0 Å². The van der Waals surface area contributed by atoms with E-state index in [-0.39, 0.29) is 24.4 Å². The monoisotopic (exact) mass is 286 g/mol. The Morgan fingerprint density at radius 2 is 2.32 bits per heavy atom. The number of aromatic nitrogens is 2. The lowest BCUT2D eigenvalue weighted by Gasteiger charge is -2.36. The van der Waals surface area contributed by atoms with Crippen LogP contribution in [0.25, 0.3) is 0 Å². The molecule has 2 rings (SSSR count). The Hall–Kier alpha value is -1.07. The summed E-state index contributed by atoms with van der Waals surface area (Å²) in [6, 6.07) is 0.0602. The van der Waals surface area contributed by atoms with E-state index in [1.807, 2.05) is 22.7 Å². The summed E-state index contributed by atoms with van der Waals surface area (Å²) in [5.74, 6) is 1.59. The first-order valence-electron chi connectivity index (χ1n) is 6.57. The van der Waals surface area contributed by atoms with Gasteiger partial charge in [-0.2, -0.15) is 0 Å². The van der Waals surface area contributed by atoms with Crippen molar-refractivity contribution in [3.63, 3.8) is 0 Å². The summed E-state index contributed by atoms with van der Waals surface area (Å²) in [7, 11) is 1.97. The molecule has 5 nitrogen and oxygen atoms in total. The van der Waals surface area contributed by atoms with Gasteiger partial charge in [-0.1, -0.05) is 13.8 Å². The van der Waals surface area contributed by atoms with E-state index in [1.54, 1.807) is 6.20 Å². The molecule has 1 aliphatic rings. The normalized spacial score (nSPS) is 19.4. The second-order valence-electron chi connectivity index (χ2n) is 5.30. The van der Waals surface area contributed by atoms with Gasteiger partial charge in [0.25, 0.3) is 0 Å². The number of amides is 1. The lowest BCUT2D eigenvalue weighted by molar-refractivity contribution is -0.135. The maximum atomic E-state index is 12.3. The third-order valence-corrected chi connectivity index (χ3v) is 3.30. The van der Waals surface area contributed by atoms with E-state index in [0.717, 1.165) is 25.5 Å². The van der Waals surface area contributed by atoms with Gasteiger partial charge in [-0.3, -0.25) is 4.79 Å². The maximum Gasteiger partial charge on any atom is 0.223 e. The van der Waals surface area contributed by atoms with Gasteiger partial charge in [-0.15, -0.1) is 12.4 Å². The summed E-state index contributed by atoms with van der Waals surface area (Å²) in [5, 5.41) is 3.34. The molecule has 0 radical (unpaired) electrons. The quantitative estimate of drug-likeness (QED) is 0.913. The molecule has 1 aliphatic heterocycles. The van der Waals surface area contributed by atoms with Crippen LogP contribution in [0.5, 0.6) is 0 Å². The summed E-state index contributed by atoms with van der Waals surface area (Å²) in [6.07, 6.45) is 4.32. The smallest absolute Gasteiger partial charge is 0.223 e. The molecule has 1 fully saturated rings. The van der Waals surface area contributed by atoms with Gasteiger partial charge in [0.1, 0.15) is 11.9 Å². The number of hydrogen-bond acceptors (Lipinski definition) is 3. The topological polar surface area (TPSA) is 50.2 Å². The number of aryl methyl sites for hydroxylation is 1. The molecule has 2 heterocycles. The van der Waals surface area contributed by atoms with Gasteiger partial charge in [0, 0.05) is 45.5 Å². The van der Waals surface area contributed by atoms with E-state index in [2.05, 4.69) is 24.1 Å². The van der Waals surface area contributed by atoms with Crippen LogP contribution >= 0.6 is 12.4 Å². The molecule has 19 heavy (non-hydrogen) atoms. The van der Waals surface area contributed by atoms with Gasteiger partial charge < -0.3 is 14.8 Å². The lowest BCUT2D eigenvalue weighted by Crippen LogP contribution is -2.49. The number of piperazine rings is 1. The van der Waals surface area contributed by atoms with Crippen molar-refractivity contribution in [1.29, 1.82) is 0 Å². The average Bonchev–Trinajstić information content (AvgIpc) is 2.74. The third-order valence-electron chi connectivity index (χ3n) is 3.30. The molecule has 0 bridgehead atoms. The molecule has 0 aromatic carbocycles. The second kappa shape index (κ2) is 6.91. The largest absolute Gasteiger partial charge is 0.336 e. The summed E-state index contributed by atoms with van der Waals surface area (Å²) in [6.45, 7) is 6.58. The van der Waals surface area contributed by atoms with Crippen LogP contribution in [0.2, 0.25) is 0 Å². The fourth-order valence-electron chi connectivity index (χ4n) is 2.40. The van der Waals surface area contributed by atoms with Crippen molar-refractivity contribution >= 4 is 18.3 Å². The highest BCUT2D eigenvalue weighted by Gasteiger charge is 2.30. The van der Waals surface area contributed by atoms with Crippen LogP contribution in [-0.4, -0.2) is 40.0 Å². The standard InChI is InChI=1S/C13H22N4O.ClH/c1-10(2)8-12(18)17-7-4-14-9-11(17)13-15-5-6-16(13)3;/h5-6,10-11,14H,4,7-9H2,1-3H3;1H. The Kier molecular flexibility index (Phi) is 5.82. The van der Waals surface area contributed by atoms with Crippen LogP contribution in [0.3, 0.4) is 0 Å². The van der Waals surface area contributed by atoms with Crippen LogP contribution in [0, 0.1) is 5.92 Å². The van der Waals surface area contributed by atoms with Crippen LogP contribution < -0.4 is 5.32 Å². The van der Waals surface area contributed by atoms with Gasteiger partial charge in [0.05, 0.1) is 0 Å². The third kappa shape index (κ3) is 3.70. The Labute approximate surface area is 120 Å². The zero-order chi connectivity index (χ0) is 13.1. The molecule has 0 saturated carbocycles. The number of carbonyl (C=O) groups excluding carboxylic acids is 1. The van der Waals surface area contributed by atoms with E-state index >= 15 is 0 Å². The Balaban J connectivity index is 0.00000180. The zero-order valence-corrected chi connectivity index (χ0v) is 12.6. The number of nitrogens with one attached hydrogen (secondary N) is 1. The summed E-state index contributed by atoms with van der Waals surface area (Å²) in [4.78, 5) is 18.6. The van der Waals surface area contributed by atoms with E-state index in [9.17, 15) is 4.79 Å². The van der Waals surface area contributed by atoms with Crippen molar-refractivity contribution in [3.8, 4) is 0 Å². The Morgan fingerprint density at radius 1 is 1.58 bits per heavy atom. The van der Waals surface area contributed by atoms with Gasteiger partial charge in [-0.25, -0.2) is 4.98 Å². The van der Waals surface area contributed by atoms with E-state index in [1.165, 1.54) is 0 Å². The number of halogens is 1. The zero-order valence-electron chi connectivity index (χ0n) is 11.8.